The lowest BCUT2D eigenvalue weighted by Crippen LogP contribution is -2.35. The number of nitrogens with zero attached hydrogens (tertiary/aromatic N) is 1. The van der Waals surface area contributed by atoms with Crippen molar-refractivity contribution in [3.05, 3.63) is 0 Å². The minimum atomic E-state index is 0.119. The molecule has 0 atom stereocenters. The van der Waals surface area contributed by atoms with Crippen LogP contribution in [-0.2, 0) is 4.74 Å². The maximum Gasteiger partial charge on any atom is 0.139 e. The molecule has 0 radical (unpaired) electrons. The van der Waals surface area contributed by atoms with Crippen molar-refractivity contribution in [3.63, 3.8) is 0 Å². The molecule has 0 unspecified atom stereocenters. The Balaban J connectivity index is 2.61. The monoisotopic (exact) mass is 156 g/mol. The highest BCUT2D eigenvalue weighted by atomic mass is 16.5. The van der Waals surface area contributed by atoms with E-state index in [4.69, 9.17) is 4.74 Å². The zero-order valence-electron chi connectivity index (χ0n) is 7.48. The van der Waals surface area contributed by atoms with Crippen LogP contribution >= 0.6 is 0 Å². The summed E-state index contributed by atoms with van der Waals surface area (Å²) in [6.45, 7) is 8.55. The Hall–Kier alpha value is -0.570. The molecule has 0 aromatic rings. The van der Waals surface area contributed by atoms with Crippen LogP contribution in [-0.4, -0.2) is 25.7 Å². The molecule has 11 heavy (non-hydrogen) atoms. The lowest BCUT2D eigenvalue weighted by Gasteiger charge is -2.20. The second kappa shape index (κ2) is 3.22. The number of hydrogen-bond donors (Lipinski definition) is 1. The number of aliphatic imine (C=N–C) groups is 1. The molecule has 0 amide bonds. The van der Waals surface area contributed by atoms with Crippen molar-refractivity contribution in [2.75, 3.05) is 19.9 Å². The molecule has 1 N–H and O–H groups in total. The quantitative estimate of drug-likeness (QED) is 0.568. The van der Waals surface area contributed by atoms with E-state index in [1.54, 1.807) is 0 Å². The molecule has 0 aromatic carbocycles. The Morgan fingerprint density at radius 3 is 2.82 bits per heavy atom. The fourth-order valence-corrected chi connectivity index (χ4v) is 0.975. The second-order valence-electron chi connectivity index (χ2n) is 3.72. The van der Waals surface area contributed by atoms with Gasteiger partial charge in [-0.15, -0.1) is 0 Å². The normalized spacial score (nSPS) is 20.1. The van der Waals surface area contributed by atoms with Crippen LogP contribution in [0, 0.1) is 5.41 Å². The van der Waals surface area contributed by atoms with E-state index in [-0.39, 0.29) is 5.41 Å². The highest BCUT2D eigenvalue weighted by Gasteiger charge is 2.19. The summed E-state index contributed by atoms with van der Waals surface area (Å²) >= 11 is 0. The van der Waals surface area contributed by atoms with Crippen LogP contribution in [0.25, 0.3) is 0 Å². The van der Waals surface area contributed by atoms with Crippen LogP contribution < -0.4 is 5.32 Å². The fourth-order valence-electron chi connectivity index (χ4n) is 0.975. The molecule has 0 saturated heterocycles. The van der Waals surface area contributed by atoms with Crippen molar-refractivity contribution in [2.45, 2.75) is 20.8 Å². The molecule has 3 heteroatoms. The first-order valence-electron chi connectivity index (χ1n) is 3.97. The van der Waals surface area contributed by atoms with E-state index in [0.717, 1.165) is 19.0 Å². The fraction of sp³-hybridized carbons (Fsp3) is 0.875. The minimum Gasteiger partial charge on any atom is -0.371 e. The summed E-state index contributed by atoms with van der Waals surface area (Å²) in [4.78, 5) is 4.28. The van der Waals surface area contributed by atoms with Gasteiger partial charge in [0, 0.05) is 12.0 Å². The number of ether oxygens (including phenoxy) is 1. The van der Waals surface area contributed by atoms with Gasteiger partial charge in [0.1, 0.15) is 12.6 Å². The summed E-state index contributed by atoms with van der Waals surface area (Å²) in [6.07, 6.45) is 0. The molecular weight excluding hydrogens is 140 g/mol. The third-order valence-corrected chi connectivity index (χ3v) is 1.56. The molecule has 1 heterocycles. The Labute approximate surface area is 67.8 Å². The van der Waals surface area contributed by atoms with Gasteiger partial charge in [0.2, 0.25) is 0 Å². The van der Waals surface area contributed by atoms with Gasteiger partial charge in [-0.1, -0.05) is 20.8 Å². The van der Waals surface area contributed by atoms with Gasteiger partial charge >= 0.3 is 0 Å². The van der Waals surface area contributed by atoms with Gasteiger partial charge in [-0.2, -0.15) is 0 Å². The van der Waals surface area contributed by atoms with E-state index < -0.39 is 0 Å². The third-order valence-electron chi connectivity index (χ3n) is 1.56. The topological polar surface area (TPSA) is 33.6 Å². The van der Waals surface area contributed by atoms with E-state index in [1.165, 1.54) is 0 Å². The third kappa shape index (κ3) is 2.50. The predicted molar refractivity (Wildman–Crippen MR) is 45.7 cm³/mol. The van der Waals surface area contributed by atoms with Crippen LogP contribution in [0.15, 0.2) is 4.99 Å². The van der Waals surface area contributed by atoms with E-state index in [2.05, 4.69) is 31.1 Å². The second-order valence-corrected chi connectivity index (χ2v) is 3.72. The van der Waals surface area contributed by atoms with Gasteiger partial charge in [0.15, 0.2) is 0 Å². The average Bonchev–Trinajstić information content (AvgIpc) is 2.10. The van der Waals surface area contributed by atoms with Gasteiger partial charge in [-0.05, 0) is 0 Å². The summed E-state index contributed by atoms with van der Waals surface area (Å²) in [5.74, 6) is 1.05. The molecule has 3 nitrogen and oxygen atoms in total. The highest BCUT2D eigenvalue weighted by Crippen LogP contribution is 2.14. The first-order valence-corrected chi connectivity index (χ1v) is 3.97. The lowest BCUT2D eigenvalue weighted by molar-refractivity contribution is 0.152. The van der Waals surface area contributed by atoms with Crippen LogP contribution in [0.3, 0.4) is 0 Å². The first-order chi connectivity index (χ1) is 5.11. The predicted octanol–water partition coefficient (Wildman–Crippen LogP) is 1.01. The Bertz CT molecular complexity index is 158. The van der Waals surface area contributed by atoms with Gasteiger partial charge < -0.3 is 10.1 Å². The largest absolute Gasteiger partial charge is 0.371 e. The number of amidine groups is 1. The maximum absolute atomic E-state index is 5.17. The number of nitrogens with one attached hydrogen (secondary N) is 1. The van der Waals surface area contributed by atoms with Crippen LogP contribution in [0.4, 0.5) is 0 Å². The molecule has 1 aliphatic rings. The van der Waals surface area contributed by atoms with Crippen LogP contribution in [0.5, 0.6) is 0 Å². The van der Waals surface area contributed by atoms with Gasteiger partial charge in [-0.3, -0.25) is 0 Å². The Morgan fingerprint density at radius 1 is 1.45 bits per heavy atom. The number of hydrogen-bond acceptors (Lipinski definition) is 3. The first kappa shape index (κ1) is 8.53. The molecule has 0 saturated carbocycles. The van der Waals surface area contributed by atoms with Crippen LogP contribution in [0.2, 0.25) is 0 Å². The summed E-state index contributed by atoms with van der Waals surface area (Å²) in [5.41, 5.74) is 0.119. The summed E-state index contributed by atoms with van der Waals surface area (Å²) < 4.78 is 5.17. The molecule has 0 aliphatic carbocycles. The van der Waals surface area contributed by atoms with Crippen molar-refractivity contribution in [1.29, 1.82) is 0 Å². The summed E-state index contributed by atoms with van der Waals surface area (Å²) in [6, 6.07) is 0. The van der Waals surface area contributed by atoms with Gasteiger partial charge in [0.05, 0.1) is 6.61 Å². The van der Waals surface area contributed by atoms with Gasteiger partial charge in [0.25, 0.3) is 0 Å². The Morgan fingerprint density at radius 2 is 2.18 bits per heavy atom. The number of rotatable bonds is 0. The molecule has 1 rings (SSSR count). The van der Waals surface area contributed by atoms with Crippen molar-refractivity contribution in [1.82, 2.24) is 5.32 Å². The SMILES string of the molecule is CC(C)(C)C1=NCOCCN1. The standard InChI is InChI=1S/C8H16N2O/c1-8(2,3)7-9-4-5-11-6-10-7/h4-6H2,1-3H3,(H,9,10). The van der Waals surface area contributed by atoms with E-state index >= 15 is 0 Å². The lowest BCUT2D eigenvalue weighted by atomic mass is 9.95. The van der Waals surface area contributed by atoms with Crippen molar-refractivity contribution < 1.29 is 4.74 Å². The molecule has 64 valence electrons. The molecular formula is C8H16N2O. The smallest absolute Gasteiger partial charge is 0.139 e. The molecule has 0 aromatic heterocycles. The van der Waals surface area contributed by atoms with Crippen LogP contribution in [0.1, 0.15) is 20.8 Å². The zero-order valence-corrected chi connectivity index (χ0v) is 7.48. The van der Waals surface area contributed by atoms with E-state index in [9.17, 15) is 0 Å². The molecule has 1 aliphatic heterocycles. The minimum absolute atomic E-state index is 0.119. The average molecular weight is 156 g/mol. The summed E-state index contributed by atoms with van der Waals surface area (Å²) in [7, 11) is 0. The van der Waals surface area contributed by atoms with Crippen molar-refractivity contribution in [2.24, 2.45) is 10.4 Å². The zero-order chi connectivity index (χ0) is 8.32. The van der Waals surface area contributed by atoms with Crippen molar-refractivity contribution in [3.8, 4) is 0 Å². The van der Waals surface area contributed by atoms with Gasteiger partial charge in [-0.25, -0.2) is 4.99 Å². The maximum atomic E-state index is 5.17. The Kier molecular flexibility index (Phi) is 2.49. The van der Waals surface area contributed by atoms with E-state index in [1.807, 2.05) is 0 Å². The molecule has 0 fully saturated rings. The van der Waals surface area contributed by atoms with Crippen molar-refractivity contribution >= 4 is 5.84 Å². The highest BCUT2D eigenvalue weighted by molar-refractivity contribution is 5.87. The molecule has 0 spiro atoms. The summed E-state index contributed by atoms with van der Waals surface area (Å²) in [5, 5.41) is 3.25. The molecule has 0 bridgehead atoms. The van der Waals surface area contributed by atoms with E-state index in [0.29, 0.717) is 6.73 Å².